The number of aromatic hydroxyl groups is 1. The highest BCUT2D eigenvalue weighted by Gasteiger charge is 2.66. The molecule has 0 unspecified atom stereocenters. The van der Waals surface area contributed by atoms with Crippen LogP contribution in [0.5, 0.6) is 5.75 Å². The number of Topliss-reactive ketones (excluding diaryl/α,β-unsaturated/α-hetero) is 1. The fourth-order valence-electron chi connectivity index (χ4n) is 5.63. The SMILES string of the molecule is C[C@@H]1C[C@H]2c3ccc4cc(O)ccc4c3[C@@H](O)C[C@]2(C)[C@@]1(O)C(=O)CO. The van der Waals surface area contributed by atoms with Gasteiger partial charge < -0.3 is 20.4 Å². The number of carbonyl (C=O) groups excluding carboxylic acids is 1. The van der Waals surface area contributed by atoms with Crippen molar-refractivity contribution in [3.8, 4) is 5.75 Å². The zero-order valence-corrected chi connectivity index (χ0v) is 14.9. The third kappa shape index (κ3) is 1.99. The molecule has 0 aromatic heterocycles. The maximum atomic E-state index is 12.5. The van der Waals surface area contributed by atoms with Crippen LogP contribution in [0.3, 0.4) is 0 Å². The van der Waals surface area contributed by atoms with Crippen LogP contribution in [-0.2, 0) is 4.79 Å². The minimum Gasteiger partial charge on any atom is -0.508 e. The van der Waals surface area contributed by atoms with Crippen molar-refractivity contribution in [2.24, 2.45) is 11.3 Å². The summed E-state index contributed by atoms with van der Waals surface area (Å²) in [7, 11) is 0. The van der Waals surface area contributed by atoms with Gasteiger partial charge in [-0.2, -0.15) is 0 Å². The summed E-state index contributed by atoms with van der Waals surface area (Å²) in [5.41, 5.74) is -0.742. The molecule has 4 rings (SSSR count). The first-order chi connectivity index (χ1) is 12.2. The van der Waals surface area contributed by atoms with E-state index in [4.69, 9.17) is 0 Å². The zero-order valence-electron chi connectivity index (χ0n) is 14.9. The molecule has 5 atom stereocenters. The molecule has 0 saturated heterocycles. The summed E-state index contributed by atoms with van der Waals surface area (Å²) in [6.07, 6.45) is 0.0297. The van der Waals surface area contributed by atoms with Crippen molar-refractivity contribution >= 4 is 16.6 Å². The molecule has 2 aliphatic carbocycles. The van der Waals surface area contributed by atoms with Crippen molar-refractivity contribution in [3.05, 3.63) is 41.5 Å². The average molecular weight is 356 g/mol. The number of hydrogen-bond donors (Lipinski definition) is 4. The molecule has 1 saturated carbocycles. The predicted molar refractivity (Wildman–Crippen MR) is 96.9 cm³/mol. The van der Waals surface area contributed by atoms with E-state index in [1.165, 1.54) is 0 Å². The number of aliphatic hydroxyl groups is 3. The van der Waals surface area contributed by atoms with Crippen LogP contribution in [0.15, 0.2) is 30.3 Å². The zero-order chi connectivity index (χ0) is 18.9. The summed E-state index contributed by atoms with van der Waals surface area (Å²) in [5.74, 6) is -0.804. The van der Waals surface area contributed by atoms with Gasteiger partial charge in [0.1, 0.15) is 18.0 Å². The van der Waals surface area contributed by atoms with Gasteiger partial charge in [0.2, 0.25) is 0 Å². The monoisotopic (exact) mass is 356 g/mol. The van der Waals surface area contributed by atoms with Gasteiger partial charge in [-0.1, -0.05) is 32.0 Å². The number of phenolic OH excluding ortho intramolecular Hbond substituents is 1. The van der Waals surface area contributed by atoms with Crippen molar-refractivity contribution in [2.45, 2.75) is 44.3 Å². The first kappa shape index (κ1) is 17.5. The molecule has 0 aliphatic heterocycles. The molecule has 26 heavy (non-hydrogen) atoms. The van der Waals surface area contributed by atoms with E-state index in [1.54, 1.807) is 18.2 Å². The summed E-state index contributed by atoms with van der Waals surface area (Å²) in [5, 5.41) is 43.2. The second-order valence-electron chi connectivity index (χ2n) is 8.15. The Bertz CT molecular complexity index is 907. The fourth-order valence-corrected chi connectivity index (χ4v) is 5.63. The van der Waals surface area contributed by atoms with Gasteiger partial charge in [-0.3, -0.25) is 4.79 Å². The molecule has 0 heterocycles. The van der Waals surface area contributed by atoms with Crippen LogP contribution >= 0.6 is 0 Å². The van der Waals surface area contributed by atoms with Gasteiger partial charge in [-0.25, -0.2) is 0 Å². The summed E-state index contributed by atoms with van der Waals surface area (Å²) in [6, 6.07) is 8.91. The Kier molecular flexibility index (Phi) is 3.71. The van der Waals surface area contributed by atoms with E-state index in [9.17, 15) is 25.2 Å². The van der Waals surface area contributed by atoms with Crippen LogP contribution in [0.25, 0.3) is 10.8 Å². The number of carbonyl (C=O) groups is 1. The lowest BCUT2D eigenvalue weighted by atomic mass is 9.59. The molecule has 5 heteroatoms. The van der Waals surface area contributed by atoms with Gasteiger partial charge in [0.05, 0.1) is 6.10 Å². The van der Waals surface area contributed by atoms with Crippen molar-refractivity contribution < 1.29 is 25.2 Å². The standard InChI is InChI=1S/C21H24O5/c1-11-7-16-15-5-3-12-8-13(23)4-6-14(12)19(15)17(24)9-20(16,2)21(11,26)18(25)10-22/h3-6,8,11,16-17,22-24,26H,7,9-10H2,1-2H3/t11-,16+,17+,20+,21+/m1/s1. The molecular weight excluding hydrogens is 332 g/mol. The fraction of sp³-hybridized carbons (Fsp3) is 0.476. The number of aliphatic hydroxyl groups excluding tert-OH is 2. The normalized spacial score (nSPS) is 36.0. The molecule has 0 spiro atoms. The highest BCUT2D eigenvalue weighted by Crippen LogP contribution is 2.65. The van der Waals surface area contributed by atoms with E-state index >= 15 is 0 Å². The lowest BCUT2D eigenvalue weighted by molar-refractivity contribution is -0.162. The third-order valence-corrected chi connectivity index (χ3v) is 6.92. The number of ketones is 1. The van der Waals surface area contributed by atoms with E-state index in [0.717, 1.165) is 21.9 Å². The van der Waals surface area contributed by atoms with Crippen LogP contribution in [-0.4, -0.2) is 38.4 Å². The number of rotatable bonds is 2. The largest absolute Gasteiger partial charge is 0.508 e. The highest BCUT2D eigenvalue weighted by atomic mass is 16.3. The van der Waals surface area contributed by atoms with Crippen LogP contribution < -0.4 is 0 Å². The predicted octanol–water partition coefficient (Wildman–Crippen LogP) is 2.40. The van der Waals surface area contributed by atoms with Crippen LogP contribution in [0.1, 0.15) is 49.8 Å². The molecule has 0 bridgehead atoms. The first-order valence-electron chi connectivity index (χ1n) is 9.04. The Morgan fingerprint density at radius 3 is 2.69 bits per heavy atom. The van der Waals surface area contributed by atoms with Crippen molar-refractivity contribution in [1.82, 2.24) is 0 Å². The van der Waals surface area contributed by atoms with Gasteiger partial charge >= 0.3 is 0 Å². The summed E-state index contributed by atoms with van der Waals surface area (Å²) >= 11 is 0. The van der Waals surface area contributed by atoms with E-state index in [-0.39, 0.29) is 24.0 Å². The second-order valence-corrected chi connectivity index (χ2v) is 8.15. The summed E-state index contributed by atoms with van der Waals surface area (Å²) < 4.78 is 0. The minimum absolute atomic E-state index is 0.0883. The number of benzene rings is 2. The molecule has 0 amide bonds. The quantitative estimate of drug-likeness (QED) is 0.662. The van der Waals surface area contributed by atoms with Crippen molar-refractivity contribution in [3.63, 3.8) is 0 Å². The van der Waals surface area contributed by atoms with Gasteiger partial charge in [0.15, 0.2) is 5.78 Å². The Morgan fingerprint density at radius 2 is 2.00 bits per heavy atom. The Hall–Kier alpha value is -1.95. The van der Waals surface area contributed by atoms with Gasteiger partial charge in [0, 0.05) is 5.41 Å². The molecule has 4 N–H and O–H groups in total. The van der Waals surface area contributed by atoms with Gasteiger partial charge in [0.25, 0.3) is 0 Å². The maximum absolute atomic E-state index is 12.5. The second kappa shape index (κ2) is 5.52. The third-order valence-electron chi connectivity index (χ3n) is 6.92. The first-order valence-corrected chi connectivity index (χ1v) is 9.04. The number of hydrogen-bond acceptors (Lipinski definition) is 5. The molecule has 5 nitrogen and oxygen atoms in total. The van der Waals surface area contributed by atoms with E-state index < -0.39 is 29.5 Å². The van der Waals surface area contributed by atoms with E-state index in [0.29, 0.717) is 6.42 Å². The number of phenols is 1. The molecule has 0 radical (unpaired) electrons. The van der Waals surface area contributed by atoms with Crippen molar-refractivity contribution in [1.29, 1.82) is 0 Å². The average Bonchev–Trinajstić information content (AvgIpc) is 2.81. The van der Waals surface area contributed by atoms with Gasteiger partial charge in [-0.05, 0) is 58.7 Å². The lowest BCUT2D eigenvalue weighted by Crippen LogP contribution is -2.56. The van der Waals surface area contributed by atoms with Gasteiger partial charge in [-0.15, -0.1) is 0 Å². The summed E-state index contributed by atoms with van der Waals surface area (Å²) in [4.78, 5) is 12.5. The van der Waals surface area contributed by atoms with Crippen LogP contribution in [0.4, 0.5) is 0 Å². The molecule has 138 valence electrons. The summed E-state index contributed by atoms with van der Waals surface area (Å²) in [6.45, 7) is 2.98. The van der Waals surface area contributed by atoms with Crippen LogP contribution in [0.2, 0.25) is 0 Å². The Labute approximate surface area is 151 Å². The number of fused-ring (bicyclic) bond motifs is 5. The molecule has 1 fully saturated rings. The van der Waals surface area contributed by atoms with E-state index in [1.807, 2.05) is 26.0 Å². The van der Waals surface area contributed by atoms with Crippen molar-refractivity contribution in [2.75, 3.05) is 6.61 Å². The minimum atomic E-state index is -1.66. The Morgan fingerprint density at radius 1 is 1.27 bits per heavy atom. The molecule has 2 aromatic carbocycles. The smallest absolute Gasteiger partial charge is 0.190 e. The highest BCUT2D eigenvalue weighted by molar-refractivity contribution is 5.92. The Balaban J connectivity index is 1.94. The van der Waals surface area contributed by atoms with E-state index in [2.05, 4.69) is 0 Å². The molecule has 2 aliphatic rings. The lowest BCUT2D eigenvalue weighted by Gasteiger charge is -2.48. The molecule has 2 aromatic rings. The molecular formula is C21H24O5. The maximum Gasteiger partial charge on any atom is 0.190 e. The topological polar surface area (TPSA) is 98.0 Å². The van der Waals surface area contributed by atoms with Crippen LogP contribution in [0, 0.1) is 11.3 Å².